The van der Waals surface area contributed by atoms with Crippen molar-refractivity contribution < 1.29 is 9.53 Å². The fourth-order valence-electron chi connectivity index (χ4n) is 2.38. The fraction of sp³-hybridized carbons (Fsp3) is 0.533. The van der Waals surface area contributed by atoms with Crippen LogP contribution in [0.4, 0.5) is 5.69 Å². The summed E-state index contributed by atoms with van der Waals surface area (Å²) in [5, 5.41) is 6.16. The zero-order valence-electron chi connectivity index (χ0n) is 12.1. The average Bonchev–Trinajstić information content (AvgIpc) is 3.17. The van der Waals surface area contributed by atoms with Gasteiger partial charge in [-0.2, -0.15) is 0 Å². The lowest BCUT2D eigenvalue weighted by Gasteiger charge is -2.17. The standard InChI is InChI=1S/C15H22N2O2/c1-10-11(2)13(19-4)6-5-12(10)17-14(18)15(7-8-15)9-16-3/h5-6,16H,7-9H2,1-4H3,(H,17,18). The van der Waals surface area contributed by atoms with Crippen LogP contribution < -0.4 is 15.4 Å². The third-order valence-electron chi connectivity index (χ3n) is 4.06. The predicted molar refractivity (Wildman–Crippen MR) is 76.7 cm³/mol. The van der Waals surface area contributed by atoms with Gasteiger partial charge in [0.2, 0.25) is 5.91 Å². The van der Waals surface area contributed by atoms with Crippen LogP contribution in [-0.2, 0) is 4.79 Å². The molecule has 19 heavy (non-hydrogen) atoms. The highest BCUT2D eigenvalue weighted by Gasteiger charge is 2.49. The number of anilines is 1. The SMILES string of the molecule is CNCC1(C(=O)Nc2ccc(OC)c(C)c2C)CC1. The Balaban J connectivity index is 2.16. The van der Waals surface area contributed by atoms with Crippen molar-refractivity contribution in [2.75, 3.05) is 26.0 Å². The molecule has 104 valence electrons. The number of amides is 1. The number of benzene rings is 1. The van der Waals surface area contributed by atoms with Gasteiger partial charge in [-0.1, -0.05) is 0 Å². The molecule has 0 aliphatic heterocycles. The number of carbonyl (C=O) groups is 1. The maximum atomic E-state index is 12.3. The van der Waals surface area contributed by atoms with E-state index in [1.807, 2.05) is 33.0 Å². The summed E-state index contributed by atoms with van der Waals surface area (Å²) in [6.45, 7) is 4.75. The molecule has 4 nitrogen and oxygen atoms in total. The Bertz CT molecular complexity index is 493. The van der Waals surface area contributed by atoms with E-state index in [4.69, 9.17) is 4.74 Å². The van der Waals surface area contributed by atoms with Crippen molar-refractivity contribution in [2.24, 2.45) is 5.41 Å². The Morgan fingerprint density at radius 2 is 2.00 bits per heavy atom. The van der Waals surface area contributed by atoms with Crippen LogP contribution in [0.25, 0.3) is 0 Å². The molecule has 1 aliphatic rings. The van der Waals surface area contributed by atoms with Gasteiger partial charge in [-0.15, -0.1) is 0 Å². The van der Waals surface area contributed by atoms with Gasteiger partial charge in [0.25, 0.3) is 0 Å². The van der Waals surface area contributed by atoms with Gasteiger partial charge in [-0.25, -0.2) is 0 Å². The van der Waals surface area contributed by atoms with Gasteiger partial charge in [0, 0.05) is 12.2 Å². The maximum Gasteiger partial charge on any atom is 0.231 e. The largest absolute Gasteiger partial charge is 0.496 e. The smallest absolute Gasteiger partial charge is 0.231 e. The molecular weight excluding hydrogens is 240 g/mol. The number of carbonyl (C=O) groups excluding carboxylic acids is 1. The Labute approximate surface area is 114 Å². The van der Waals surface area contributed by atoms with Gasteiger partial charge in [-0.3, -0.25) is 4.79 Å². The van der Waals surface area contributed by atoms with Crippen LogP contribution in [0, 0.1) is 19.3 Å². The molecule has 2 rings (SSSR count). The summed E-state index contributed by atoms with van der Waals surface area (Å²) in [4.78, 5) is 12.3. The van der Waals surface area contributed by atoms with Crippen LogP contribution in [0.2, 0.25) is 0 Å². The molecule has 2 N–H and O–H groups in total. The highest BCUT2D eigenvalue weighted by atomic mass is 16.5. The Hall–Kier alpha value is -1.55. The van der Waals surface area contributed by atoms with E-state index in [1.165, 1.54) is 0 Å². The van der Waals surface area contributed by atoms with E-state index in [0.29, 0.717) is 0 Å². The number of ether oxygens (including phenoxy) is 1. The first-order valence-corrected chi connectivity index (χ1v) is 6.64. The van der Waals surface area contributed by atoms with Crippen molar-refractivity contribution >= 4 is 11.6 Å². The van der Waals surface area contributed by atoms with Gasteiger partial charge in [0.15, 0.2) is 0 Å². The molecule has 0 spiro atoms. The molecule has 0 unspecified atom stereocenters. The third-order valence-corrected chi connectivity index (χ3v) is 4.06. The fourth-order valence-corrected chi connectivity index (χ4v) is 2.38. The van der Waals surface area contributed by atoms with Crippen molar-refractivity contribution in [3.05, 3.63) is 23.3 Å². The minimum absolute atomic E-state index is 0.120. The Morgan fingerprint density at radius 3 is 2.53 bits per heavy atom. The van der Waals surface area contributed by atoms with Gasteiger partial charge < -0.3 is 15.4 Å². The van der Waals surface area contributed by atoms with Crippen LogP contribution in [0.3, 0.4) is 0 Å². The first kappa shape index (κ1) is 13.9. The molecule has 0 radical (unpaired) electrons. The Morgan fingerprint density at radius 1 is 1.32 bits per heavy atom. The van der Waals surface area contributed by atoms with E-state index < -0.39 is 0 Å². The van der Waals surface area contributed by atoms with Crippen molar-refractivity contribution in [1.82, 2.24) is 5.32 Å². The quantitative estimate of drug-likeness (QED) is 0.855. The molecule has 0 atom stereocenters. The summed E-state index contributed by atoms with van der Waals surface area (Å²) < 4.78 is 5.28. The van der Waals surface area contributed by atoms with E-state index >= 15 is 0 Å². The zero-order valence-corrected chi connectivity index (χ0v) is 12.1. The lowest BCUT2D eigenvalue weighted by Crippen LogP contribution is -2.32. The predicted octanol–water partition coefficient (Wildman–Crippen LogP) is 2.25. The molecule has 1 aromatic rings. The third kappa shape index (κ3) is 2.59. The minimum Gasteiger partial charge on any atom is -0.496 e. The summed E-state index contributed by atoms with van der Waals surface area (Å²) in [6, 6.07) is 3.81. The zero-order chi connectivity index (χ0) is 14.0. The molecular formula is C15H22N2O2. The lowest BCUT2D eigenvalue weighted by atomic mass is 10.0. The average molecular weight is 262 g/mol. The summed E-state index contributed by atoms with van der Waals surface area (Å²) in [5.74, 6) is 0.973. The van der Waals surface area contributed by atoms with Crippen LogP contribution in [0.5, 0.6) is 5.75 Å². The summed E-state index contributed by atoms with van der Waals surface area (Å²) in [6.07, 6.45) is 1.93. The first-order chi connectivity index (χ1) is 9.04. The molecule has 0 aromatic heterocycles. The van der Waals surface area contributed by atoms with E-state index in [9.17, 15) is 4.79 Å². The molecule has 0 heterocycles. The highest BCUT2D eigenvalue weighted by Crippen LogP contribution is 2.46. The maximum absolute atomic E-state index is 12.3. The molecule has 1 saturated carbocycles. The second-order valence-electron chi connectivity index (χ2n) is 5.33. The number of hydrogen-bond donors (Lipinski definition) is 2. The van der Waals surface area contributed by atoms with Crippen LogP contribution >= 0.6 is 0 Å². The molecule has 4 heteroatoms. The highest BCUT2D eigenvalue weighted by molar-refractivity contribution is 5.98. The van der Waals surface area contributed by atoms with Crippen molar-refractivity contribution in [2.45, 2.75) is 26.7 Å². The number of rotatable bonds is 5. The van der Waals surface area contributed by atoms with Gasteiger partial charge in [0.05, 0.1) is 12.5 Å². The van der Waals surface area contributed by atoms with Gasteiger partial charge >= 0.3 is 0 Å². The van der Waals surface area contributed by atoms with Crippen molar-refractivity contribution in [1.29, 1.82) is 0 Å². The Kier molecular flexibility index (Phi) is 3.80. The van der Waals surface area contributed by atoms with Crippen LogP contribution in [0.1, 0.15) is 24.0 Å². The normalized spacial score (nSPS) is 16.0. The van der Waals surface area contributed by atoms with Crippen LogP contribution in [0.15, 0.2) is 12.1 Å². The van der Waals surface area contributed by atoms with Crippen molar-refractivity contribution in [3.8, 4) is 5.75 Å². The molecule has 1 aromatic carbocycles. The lowest BCUT2D eigenvalue weighted by molar-refractivity contribution is -0.120. The second kappa shape index (κ2) is 5.21. The van der Waals surface area contributed by atoms with E-state index in [2.05, 4.69) is 10.6 Å². The van der Waals surface area contributed by atoms with Crippen molar-refractivity contribution in [3.63, 3.8) is 0 Å². The van der Waals surface area contributed by atoms with Gasteiger partial charge in [0.1, 0.15) is 5.75 Å². The number of methoxy groups -OCH3 is 1. The molecule has 1 amide bonds. The van der Waals surface area contributed by atoms with E-state index in [1.54, 1.807) is 7.11 Å². The number of hydrogen-bond acceptors (Lipinski definition) is 3. The van der Waals surface area contributed by atoms with Crippen LogP contribution in [-0.4, -0.2) is 26.6 Å². The molecule has 0 bridgehead atoms. The molecule has 0 saturated heterocycles. The first-order valence-electron chi connectivity index (χ1n) is 6.64. The minimum atomic E-state index is -0.199. The topological polar surface area (TPSA) is 50.4 Å². The summed E-state index contributed by atoms with van der Waals surface area (Å²) in [7, 11) is 3.54. The van der Waals surface area contributed by atoms with E-state index in [-0.39, 0.29) is 11.3 Å². The summed E-state index contributed by atoms with van der Waals surface area (Å²) >= 11 is 0. The summed E-state index contributed by atoms with van der Waals surface area (Å²) in [5.41, 5.74) is 2.81. The molecule has 1 fully saturated rings. The second-order valence-corrected chi connectivity index (χ2v) is 5.33. The van der Waals surface area contributed by atoms with E-state index in [0.717, 1.165) is 42.0 Å². The molecule has 1 aliphatic carbocycles. The monoisotopic (exact) mass is 262 g/mol. The van der Waals surface area contributed by atoms with Gasteiger partial charge in [-0.05, 0) is 57.0 Å². The number of nitrogens with one attached hydrogen (secondary N) is 2.